The van der Waals surface area contributed by atoms with E-state index in [1.165, 1.54) is 6.08 Å². The molecule has 0 aromatic heterocycles. The normalized spacial score (nSPS) is 10.9. The molecule has 186 valence electrons. The molecule has 6 nitrogen and oxygen atoms in total. The standard InChI is InChI=1S/C27H23Cl2IN2O4/c1-3-34-21-8-6-20(7-9-21)32-27(33)19(15-31)11-18-13-24(30)26(25(14-18)35-4-2)36-16-17-5-10-22(28)23(29)12-17/h5-14H,3-4,16H2,1-2H3,(H,32,33)/b19-11-. The van der Waals surface area contributed by atoms with Crippen molar-refractivity contribution in [2.45, 2.75) is 20.5 Å². The number of carbonyl (C=O) groups is 1. The van der Waals surface area contributed by atoms with Crippen molar-refractivity contribution in [2.75, 3.05) is 18.5 Å². The van der Waals surface area contributed by atoms with Gasteiger partial charge in [-0.3, -0.25) is 4.79 Å². The number of carbonyl (C=O) groups excluding carboxylic acids is 1. The zero-order valence-electron chi connectivity index (χ0n) is 19.6. The molecule has 0 aliphatic heterocycles. The molecule has 0 aliphatic rings. The van der Waals surface area contributed by atoms with Crippen LogP contribution in [-0.4, -0.2) is 19.1 Å². The maximum absolute atomic E-state index is 12.7. The third-order valence-corrected chi connectivity index (χ3v) is 6.34. The monoisotopic (exact) mass is 636 g/mol. The van der Waals surface area contributed by atoms with E-state index >= 15 is 0 Å². The lowest BCUT2D eigenvalue weighted by atomic mass is 10.1. The van der Waals surface area contributed by atoms with Crippen LogP contribution in [0.4, 0.5) is 5.69 Å². The van der Waals surface area contributed by atoms with Crippen LogP contribution in [-0.2, 0) is 11.4 Å². The van der Waals surface area contributed by atoms with E-state index in [1.54, 1.807) is 42.5 Å². The van der Waals surface area contributed by atoms with Crippen LogP contribution in [0.1, 0.15) is 25.0 Å². The highest BCUT2D eigenvalue weighted by molar-refractivity contribution is 14.1. The molecule has 3 aromatic carbocycles. The maximum atomic E-state index is 12.7. The Labute approximate surface area is 233 Å². The molecular formula is C27H23Cl2IN2O4. The van der Waals surface area contributed by atoms with Gasteiger partial charge >= 0.3 is 0 Å². The molecule has 0 bridgehead atoms. The quantitative estimate of drug-likeness (QED) is 0.141. The van der Waals surface area contributed by atoms with Gasteiger partial charge < -0.3 is 19.5 Å². The first-order chi connectivity index (χ1) is 17.3. The van der Waals surface area contributed by atoms with Crippen LogP contribution in [0.25, 0.3) is 6.08 Å². The number of hydrogen-bond acceptors (Lipinski definition) is 5. The van der Waals surface area contributed by atoms with Crippen molar-refractivity contribution in [3.63, 3.8) is 0 Å². The van der Waals surface area contributed by atoms with Crippen LogP contribution >= 0.6 is 45.8 Å². The number of nitrogens with one attached hydrogen (secondary N) is 1. The molecule has 1 amide bonds. The molecule has 0 saturated carbocycles. The Balaban J connectivity index is 1.80. The summed E-state index contributed by atoms with van der Waals surface area (Å²) in [4.78, 5) is 12.7. The summed E-state index contributed by atoms with van der Waals surface area (Å²) in [5.41, 5.74) is 1.99. The Morgan fingerprint density at radius 1 is 1.00 bits per heavy atom. The summed E-state index contributed by atoms with van der Waals surface area (Å²) in [6, 6.07) is 17.8. The van der Waals surface area contributed by atoms with Crippen molar-refractivity contribution in [3.8, 4) is 23.3 Å². The summed E-state index contributed by atoms with van der Waals surface area (Å²) in [7, 11) is 0. The van der Waals surface area contributed by atoms with E-state index in [1.807, 2.05) is 32.0 Å². The molecule has 3 aromatic rings. The highest BCUT2D eigenvalue weighted by Gasteiger charge is 2.15. The Morgan fingerprint density at radius 2 is 1.72 bits per heavy atom. The van der Waals surface area contributed by atoms with Crippen LogP contribution < -0.4 is 19.5 Å². The van der Waals surface area contributed by atoms with Gasteiger partial charge in [-0.05, 0) is 102 Å². The Hall–Kier alpha value is -2.93. The lowest BCUT2D eigenvalue weighted by Crippen LogP contribution is -2.13. The summed E-state index contributed by atoms with van der Waals surface area (Å²) in [5.74, 6) is 1.23. The molecule has 3 rings (SSSR count). The molecule has 0 aliphatic carbocycles. The number of hydrogen-bond donors (Lipinski definition) is 1. The molecule has 36 heavy (non-hydrogen) atoms. The molecular weight excluding hydrogens is 614 g/mol. The predicted octanol–water partition coefficient (Wildman–Crippen LogP) is 7.52. The van der Waals surface area contributed by atoms with Gasteiger partial charge in [0.1, 0.15) is 24.0 Å². The van der Waals surface area contributed by atoms with Gasteiger partial charge in [-0.25, -0.2) is 0 Å². The smallest absolute Gasteiger partial charge is 0.266 e. The number of anilines is 1. The topological polar surface area (TPSA) is 80.6 Å². The summed E-state index contributed by atoms with van der Waals surface area (Å²) in [6.45, 7) is 4.98. The van der Waals surface area contributed by atoms with Gasteiger partial charge in [-0.2, -0.15) is 5.26 Å². The van der Waals surface area contributed by atoms with E-state index in [0.29, 0.717) is 51.8 Å². The fourth-order valence-corrected chi connectivity index (χ4v) is 4.28. The van der Waals surface area contributed by atoms with Crippen LogP contribution in [0.15, 0.2) is 60.2 Å². The summed E-state index contributed by atoms with van der Waals surface area (Å²) < 4.78 is 18.0. The predicted molar refractivity (Wildman–Crippen MR) is 151 cm³/mol. The van der Waals surface area contributed by atoms with Gasteiger partial charge in [0.25, 0.3) is 5.91 Å². The van der Waals surface area contributed by atoms with E-state index in [0.717, 1.165) is 9.13 Å². The van der Waals surface area contributed by atoms with Crippen molar-refractivity contribution in [2.24, 2.45) is 0 Å². The molecule has 0 spiro atoms. The van der Waals surface area contributed by atoms with E-state index in [9.17, 15) is 10.1 Å². The lowest BCUT2D eigenvalue weighted by Gasteiger charge is -2.15. The minimum atomic E-state index is -0.519. The van der Waals surface area contributed by atoms with Gasteiger partial charge in [0.15, 0.2) is 11.5 Å². The Bertz CT molecular complexity index is 1300. The summed E-state index contributed by atoms with van der Waals surface area (Å²) in [6.07, 6.45) is 1.51. The van der Waals surface area contributed by atoms with Crippen LogP contribution in [0.2, 0.25) is 10.0 Å². The van der Waals surface area contributed by atoms with E-state index < -0.39 is 5.91 Å². The van der Waals surface area contributed by atoms with Crippen molar-refractivity contribution in [3.05, 3.63) is 84.9 Å². The maximum Gasteiger partial charge on any atom is 0.266 e. The number of benzene rings is 3. The Kier molecular flexibility index (Phi) is 10.3. The molecule has 9 heteroatoms. The summed E-state index contributed by atoms with van der Waals surface area (Å²) >= 11 is 14.2. The largest absolute Gasteiger partial charge is 0.494 e. The van der Waals surface area contributed by atoms with Crippen molar-refractivity contribution in [1.29, 1.82) is 5.26 Å². The van der Waals surface area contributed by atoms with Crippen molar-refractivity contribution >= 4 is 63.5 Å². The van der Waals surface area contributed by atoms with E-state index in [2.05, 4.69) is 27.9 Å². The SMILES string of the molecule is CCOc1ccc(NC(=O)/C(C#N)=C\c2cc(I)c(OCc3ccc(Cl)c(Cl)c3)c(OCC)c2)cc1. The van der Waals surface area contributed by atoms with Crippen molar-refractivity contribution in [1.82, 2.24) is 0 Å². The van der Waals surface area contributed by atoms with Crippen LogP contribution in [0.3, 0.4) is 0 Å². The average molecular weight is 637 g/mol. The number of halogens is 3. The lowest BCUT2D eigenvalue weighted by molar-refractivity contribution is -0.112. The first kappa shape index (κ1) is 27.7. The zero-order valence-corrected chi connectivity index (χ0v) is 23.3. The number of ether oxygens (including phenoxy) is 3. The number of nitriles is 1. The third-order valence-electron chi connectivity index (χ3n) is 4.80. The second-order valence-corrected chi connectivity index (χ2v) is 9.36. The molecule has 0 fully saturated rings. The molecule has 0 atom stereocenters. The number of rotatable bonds is 10. The zero-order chi connectivity index (χ0) is 26.1. The Morgan fingerprint density at radius 3 is 2.36 bits per heavy atom. The molecule has 1 N–H and O–H groups in total. The number of nitrogens with zero attached hydrogens (tertiary/aromatic N) is 1. The first-order valence-corrected chi connectivity index (χ1v) is 12.9. The van der Waals surface area contributed by atoms with Crippen LogP contribution in [0, 0.1) is 14.9 Å². The highest BCUT2D eigenvalue weighted by atomic mass is 127. The van der Waals surface area contributed by atoms with Crippen LogP contribution in [0.5, 0.6) is 17.2 Å². The molecule has 0 heterocycles. The second kappa shape index (κ2) is 13.4. The second-order valence-electron chi connectivity index (χ2n) is 7.38. The summed E-state index contributed by atoms with van der Waals surface area (Å²) in [5, 5.41) is 13.3. The van der Waals surface area contributed by atoms with Crippen molar-refractivity contribution < 1.29 is 19.0 Å². The van der Waals surface area contributed by atoms with Gasteiger partial charge in [0, 0.05) is 5.69 Å². The molecule has 0 unspecified atom stereocenters. The van der Waals surface area contributed by atoms with Gasteiger partial charge in [-0.15, -0.1) is 0 Å². The molecule has 0 saturated heterocycles. The third kappa shape index (κ3) is 7.53. The van der Waals surface area contributed by atoms with Gasteiger partial charge in [-0.1, -0.05) is 29.3 Å². The fraction of sp³-hybridized carbons (Fsp3) is 0.185. The fourth-order valence-electron chi connectivity index (χ4n) is 3.17. The highest BCUT2D eigenvalue weighted by Crippen LogP contribution is 2.36. The van der Waals surface area contributed by atoms with E-state index in [-0.39, 0.29) is 12.2 Å². The van der Waals surface area contributed by atoms with Gasteiger partial charge in [0.2, 0.25) is 0 Å². The number of amides is 1. The first-order valence-electron chi connectivity index (χ1n) is 11.0. The minimum absolute atomic E-state index is 0.0494. The van der Waals surface area contributed by atoms with Gasteiger partial charge in [0.05, 0.1) is 26.8 Å². The average Bonchev–Trinajstić information content (AvgIpc) is 2.85. The molecule has 0 radical (unpaired) electrons. The minimum Gasteiger partial charge on any atom is -0.494 e. The van der Waals surface area contributed by atoms with E-state index in [4.69, 9.17) is 37.4 Å².